The van der Waals surface area contributed by atoms with Crippen LogP contribution in [0.5, 0.6) is 0 Å². The molecule has 0 aliphatic heterocycles. The second-order valence-corrected chi connectivity index (χ2v) is 5.31. The molecule has 1 heterocycles. The van der Waals surface area contributed by atoms with Gasteiger partial charge in [0.25, 0.3) is 6.01 Å². The number of hydrogen-bond acceptors (Lipinski definition) is 5. The quantitative estimate of drug-likeness (QED) is 0.908. The number of benzene rings is 1. The number of aromatic carboxylic acids is 1. The third-order valence-electron chi connectivity index (χ3n) is 2.99. The maximum absolute atomic E-state index is 10.9. The predicted octanol–water partition coefficient (Wildman–Crippen LogP) is 2.71. The first-order valence-corrected chi connectivity index (χ1v) is 7.28. The zero-order valence-corrected chi connectivity index (χ0v) is 11.9. The number of fused-ring (bicyclic) bond motifs is 1. The Hall–Kier alpha value is -1.69. The van der Waals surface area contributed by atoms with E-state index in [1.54, 1.807) is 17.8 Å². The molecule has 1 N–H and O–H groups in total. The molecule has 1 atom stereocenters. The van der Waals surface area contributed by atoms with E-state index >= 15 is 0 Å². The highest BCUT2D eigenvalue weighted by Crippen LogP contribution is 2.24. The third-order valence-corrected chi connectivity index (χ3v) is 3.81. The van der Waals surface area contributed by atoms with Gasteiger partial charge < -0.3 is 14.4 Å². The second-order valence-electron chi connectivity index (χ2n) is 4.40. The van der Waals surface area contributed by atoms with Crippen LogP contribution in [0.3, 0.4) is 0 Å². The van der Waals surface area contributed by atoms with Crippen molar-refractivity contribution in [2.24, 2.45) is 0 Å². The van der Waals surface area contributed by atoms with Crippen LogP contribution in [0.25, 0.3) is 11.1 Å². The molecule has 6 heteroatoms. The minimum Gasteiger partial charge on any atom is -0.478 e. The van der Waals surface area contributed by atoms with Gasteiger partial charge in [0.15, 0.2) is 5.58 Å². The molecule has 0 aliphatic rings. The molecule has 0 fully saturated rings. The van der Waals surface area contributed by atoms with E-state index in [-0.39, 0.29) is 5.56 Å². The molecule has 0 radical (unpaired) electrons. The fourth-order valence-corrected chi connectivity index (χ4v) is 2.44. The van der Waals surface area contributed by atoms with Crippen molar-refractivity contribution in [3.63, 3.8) is 0 Å². The van der Waals surface area contributed by atoms with E-state index in [0.717, 1.165) is 5.75 Å². The molecular weight excluding hydrogens is 264 g/mol. The predicted molar refractivity (Wildman–Crippen MR) is 77.2 cm³/mol. The zero-order valence-electron chi connectivity index (χ0n) is 11.1. The number of carboxylic acids is 1. The Balaban J connectivity index is 2.33. The van der Waals surface area contributed by atoms with Gasteiger partial charge in [-0.25, -0.2) is 4.79 Å². The summed E-state index contributed by atoms with van der Waals surface area (Å²) in [6.07, 6.45) is 2.05. The van der Waals surface area contributed by atoms with E-state index in [9.17, 15) is 4.79 Å². The van der Waals surface area contributed by atoms with E-state index in [2.05, 4.69) is 18.2 Å². The molecule has 1 aromatic carbocycles. The Morgan fingerprint density at radius 1 is 1.58 bits per heavy atom. The summed E-state index contributed by atoms with van der Waals surface area (Å²) in [5, 5.41) is 8.94. The number of carboxylic acid groups (broad SMARTS) is 1. The van der Waals surface area contributed by atoms with Crippen LogP contribution in [0.1, 0.15) is 17.3 Å². The molecule has 0 amide bonds. The lowest BCUT2D eigenvalue weighted by atomic mass is 10.2. The molecule has 19 heavy (non-hydrogen) atoms. The van der Waals surface area contributed by atoms with Gasteiger partial charge in [-0.15, -0.1) is 0 Å². The van der Waals surface area contributed by atoms with Crippen molar-refractivity contribution < 1.29 is 14.3 Å². The van der Waals surface area contributed by atoms with Gasteiger partial charge in [0.05, 0.1) is 5.56 Å². The number of oxazole rings is 1. The van der Waals surface area contributed by atoms with E-state index in [1.165, 1.54) is 12.1 Å². The van der Waals surface area contributed by atoms with Crippen LogP contribution >= 0.6 is 11.8 Å². The lowest BCUT2D eigenvalue weighted by Crippen LogP contribution is -2.30. The molecule has 0 spiro atoms. The summed E-state index contributed by atoms with van der Waals surface area (Å²) in [5.41, 5.74) is 1.37. The Morgan fingerprint density at radius 3 is 2.95 bits per heavy atom. The van der Waals surface area contributed by atoms with Gasteiger partial charge >= 0.3 is 5.97 Å². The maximum atomic E-state index is 10.9. The number of anilines is 1. The van der Waals surface area contributed by atoms with Gasteiger partial charge in [-0.2, -0.15) is 16.7 Å². The Bertz CT molecular complexity index is 597. The lowest BCUT2D eigenvalue weighted by molar-refractivity contribution is 0.0697. The SMILES string of the molecule is CSCC(C)N(C)c1nc2ccc(C(=O)O)cc2o1. The van der Waals surface area contributed by atoms with Crippen LogP contribution in [0, 0.1) is 0 Å². The average Bonchev–Trinajstić information content (AvgIpc) is 2.80. The summed E-state index contributed by atoms with van der Waals surface area (Å²) < 4.78 is 5.63. The molecule has 1 aromatic heterocycles. The van der Waals surface area contributed by atoms with Gasteiger partial charge in [-0.05, 0) is 31.4 Å². The van der Waals surface area contributed by atoms with Crippen molar-refractivity contribution in [1.82, 2.24) is 4.98 Å². The highest BCUT2D eigenvalue weighted by atomic mass is 32.2. The van der Waals surface area contributed by atoms with Crippen LogP contribution in [0.4, 0.5) is 6.01 Å². The first-order valence-electron chi connectivity index (χ1n) is 5.88. The average molecular weight is 280 g/mol. The van der Waals surface area contributed by atoms with Gasteiger partial charge in [-0.3, -0.25) is 0 Å². The van der Waals surface area contributed by atoms with Crippen LogP contribution in [-0.4, -0.2) is 41.2 Å². The standard InChI is InChI=1S/C13H16N2O3S/c1-8(7-19-3)15(2)13-14-10-5-4-9(12(16)17)6-11(10)18-13/h4-6,8H,7H2,1-3H3,(H,16,17). The molecule has 0 bridgehead atoms. The Kier molecular flexibility index (Phi) is 3.99. The number of rotatable bonds is 5. The monoisotopic (exact) mass is 280 g/mol. The maximum Gasteiger partial charge on any atom is 0.335 e. The summed E-state index contributed by atoms with van der Waals surface area (Å²) in [7, 11) is 1.92. The second kappa shape index (κ2) is 5.52. The zero-order chi connectivity index (χ0) is 14.0. The van der Waals surface area contributed by atoms with E-state index in [0.29, 0.717) is 23.2 Å². The summed E-state index contributed by atoms with van der Waals surface area (Å²) in [6, 6.07) is 5.50. The topological polar surface area (TPSA) is 66.6 Å². The Labute approximate surface area is 115 Å². The molecule has 0 aliphatic carbocycles. The molecular formula is C13H16N2O3S. The minimum absolute atomic E-state index is 0.204. The van der Waals surface area contributed by atoms with Crippen molar-refractivity contribution in [1.29, 1.82) is 0 Å². The fourth-order valence-electron chi connectivity index (χ4n) is 1.74. The van der Waals surface area contributed by atoms with Crippen molar-refractivity contribution >= 4 is 34.8 Å². The molecule has 5 nitrogen and oxygen atoms in total. The summed E-state index contributed by atoms with van der Waals surface area (Å²) in [6.45, 7) is 2.09. The largest absolute Gasteiger partial charge is 0.478 e. The van der Waals surface area contributed by atoms with Gasteiger partial charge in [0.2, 0.25) is 0 Å². The first kappa shape index (κ1) is 13.7. The van der Waals surface area contributed by atoms with Crippen LogP contribution in [-0.2, 0) is 0 Å². The number of carbonyl (C=O) groups is 1. The number of nitrogens with zero attached hydrogens (tertiary/aromatic N) is 2. The molecule has 1 unspecified atom stereocenters. The highest BCUT2D eigenvalue weighted by Gasteiger charge is 2.16. The van der Waals surface area contributed by atoms with Crippen LogP contribution in [0.2, 0.25) is 0 Å². The molecule has 2 aromatic rings. The van der Waals surface area contributed by atoms with Crippen molar-refractivity contribution in [2.75, 3.05) is 24.0 Å². The van der Waals surface area contributed by atoms with Crippen molar-refractivity contribution in [3.8, 4) is 0 Å². The van der Waals surface area contributed by atoms with E-state index in [1.807, 2.05) is 11.9 Å². The Morgan fingerprint density at radius 2 is 2.32 bits per heavy atom. The third kappa shape index (κ3) is 2.84. The normalized spacial score (nSPS) is 12.6. The minimum atomic E-state index is -0.969. The summed E-state index contributed by atoms with van der Waals surface area (Å²) in [4.78, 5) is 17.2. The smallest absolute Gasteiger partial charge is 0.335 e. The summed E-state index contributed by atoms with van der Waals surface area (Å²) >= 11 is 1.76. The van der Waals surface area contributed by atoms with Gasteiger partial charge in [0, 0.05) is 18.8 Å². The summed E-state index contributed by atoms with van der Waals surface area (Å²) in [5.74, 6) is -0.000701. The van der Waals surface area contributed by atoms with Crippen molar-refractivity contribution in [3.05, 3.63) is 23.8 Å². The highest BCUT2D eigenvalue weighted by molar-refractivity contribution is 7.98. The van der Waals surface area contributed by atoms with E-state index < -0.39 is 5.97 Å². The molecule has 0 saturated carbocycles. The lowest BCUT2D eigenvalue weighted by Gasteiger charge is -2.21. The molecule has 102 valence electrons. The molecule has 2 rings (SSSR count). The van der Waals surface area contributed by atoms with Crippen LogP contribution < -0.4 is 4.90 Å². The van der Waals surface area contributed by atoms with Crippen molar-refractivity contribution in [2.45, 2.75) is 13.0 Å². The fraction of sp³-hybridized carbons (Fsp3) is 0.385. The van der Waals surface area contributed by atoms with Gasteiger partial charge in [0.1, 0.15) is 5.52 Å². The number of hydrogen-bond donors (Lipinski definition) is 1. The van der Waals surface area contributed by atoms with Crippen LogP contribution in [0.15, 0.2) is 22.6 Å². The number of aromatic nitrogens is 1. The van der Waals surface area contributed by atoms with Gasteiger partial charge in [-0.1, -0.05) is 0 Å². The first-order chi connectivity index (χ1) is 9.02. The molecule has 0 saturated heterocycles. The number of thioether (sulfide) groups is 1. The van der Waals surface area contributed by atoms with E-state index in [4.69, 9.17) is 9.52 Å².